The largest absolute Gasteiger partial charge is 0.466 e. The van der Waals surface area contributed by atoms with E-state index in [0.717, 1.165) is 18.7 Å². The Balaban J connectivity index is 2.46. The molecule has 1 atom stereocenters. The molecule has 150 valence electrons. The summed E-state index contributed by atoms with van der Waals surface area (Å²) in [6.45, 7) is 9.01. The lowest BCUT2D eigenvalue weighted by Gasteiger charge is -2.37. The standard InChI is InChI=1S/C25H33NO2/c1-6-8-14-20-15-12-13-18-22(20)23(25(3,4)24(27)28-7-2)19-26(5)21-16-10-9-11-17-21/h6,8-13,15-18,23H,7,14,19H2,1-5H3/b8-6+. The fourth-order valence-electron chi connectivity index (χ4n) is 3.54. The normalized spacial score (nSPS) is 12.8. The Morgan fingerprint density at radius 2 is 1.75 bits per heavy atom. The number of esters is 1. The molecule has 1 unspecified atom stereocenters. The first-order valence-electron chi connectivity index (χ1n) is 10.0. The van der Waals surface area contributed by atoms with Crippen molar-refractivity contribution in [3.05, 3.63) is 77.9 Å². The average Bonchev–Trinajstić information content (AvgIpc) is 2.71. The first kappa shape index (κ1) is 21.7. The summed E-state index contributed by atoms with van der Waals surface area (Å²) in [4.78, 5) is 15.1. The number of allylic oxidation sites excluding steroid dienone is 2. The number of benzene rings is 2. The summed E-state index contributed by atoms with van der Waals surface area (Å²) in [7, 11) is 2.08. The van der Waals surface area contributed by atoms with E-state index in [2.05, 4.69) is 60.5 Å². The Kier molecular flexibility index (Phi) is 7.86. The highest BCUT2D eigenvalue weighted by Crippen LogP contribution is 2.39. The molecule has 3 heteroatoms. The van der Waals surface area contributed by atoms with Crippen molar-refractivity contribution >= 4 is 11.7 Å². The predicted molar refractivity (Wildman–Crippen MR) is 118 cm³/mol. The molecular formula is C25H33NO2. The Morgan fingerprint density at radius 3 is 2.39 bits per heavy atom. The first-order valence-corrected chi connectivity index (χ1v) is 10.0. The molecule has 0 N–H and O–H groups in total. The van der Waals surface area contributed by atoms with Crippen LogP contribution in [0.15, 0.2) is 66.7 Å². The fourth-order valence-corrected chi connectivity index (χ4v) is 3.54. The molecular weight excluding hydrogens is 346 g/mol. The summed E-state index contributed by atoms with van der Waals surface area (Å²) in [6.07, 6.45) is 5.09. The van der Waals surface area contributed by atoms with Gasteiger partial charge in [0, 0.05) is 25.2 Å². The van der Waals surface area contributed by atoms with E-state index in [1.807, 2.05) is 45.9 Å². The van der Waals surface area contributed by atoms with Crippen LogP contribution in [0.1, 0.15) is 44.7 Å². The number of carbonyl (C=O) groups is 1. The van der Waals surface area contributed by atoms with E-state index >= 15 is 0 Å². The van der Waals surface area contributed by atoms with Crippen LogP contribution in [0.4, 0.5) is 5.69 Å². The highest BCUT2D eigenvalue weighted by molar-refractivity contribution is 5.77. The van der Waals surface area contributed by atoms with Crippen molar-refractivity contribution in [2.75, 3.05) is 25.1 Å². The maximum atomic E-state index is 12.9. The first-order chi connectivity index (χ1) is 13.4. The molecule has 0 aliphatic heterocycles. The third-order valence-electron chi connectivity index (χ3n) is 5.33. The second kappa shape index (κ2) is 10.1. The van der Waals surface area contributed by atoms with Crippen LogP contribution in [0.5, 0.6) is 0 Å². The number of nitrogens with zero attached hydrogens (tertiary/aromatic N) is 1. The zero-order valence-electron chi connectivity index (χ0n) is 17.8. The van der Waals surface area contributed by atoms with Gasteiger partial charge in [-0.25, -0.2) is 0 Å². The maximum absolute atomic E-state index is 12.9. The van der Waals surface area contributed by atoms with Crippen molar-refractivity contribution in [2.45, 2.75) is 40.0 Å². The highest BCUT2D eigenvalue weighted by Gasteiger charge is 2.40. The van der Waals surface area contributed by atoms with E-state index in [9.17, 15) is 4.79 Å². The van der Waals surface area contributed by atoms with Crippen LogP contribution in [-0.4, -0.2) is 26.2 Å². The van der Waals surface area contributed by atoms with Gasteiger partial charge >= 0.3 is 5.97 Å². The second-order valence-corrected chi connectivity index (χ2v) is 7.68. The van der Waals surface area contributed by atoms with Gasteiger partial charge < -0.3 is 9.64 Å². The van der Waals surface area contributed by atoms with Crippen LogP contribution in [0.25, 0.3) is 0 Å². The van der Waals surface area contributed by atoms with Crippen LogP contribution >= 0.6 is 0 Å². The summed E-state index contributed by atoms with van der Waals surface area (Å²) in [5.41, 5.74) is 2.95. The number of hydrogen-bond donors (Lipinski definition) is 0. The Hall–Kier alpha value is -2.55. The Labute approximate surface area is 170 Å². The summed E-state index contributed by atoms with van der Waals surface area (Å²) in [6, 6.07) is 18.7. The summed E-state index contributed by atoms with van der Waals surface area (Å²) < 4.78 is 5.45. The molecule has 0 bridgehead atoms. The fraction of sp³-hybridized carbons (Fsp3) is 0.400. The molecule has 3 nitrogen and oxygen atoms in total. The van der Waals surface area contributed by atoms with Crippen molar-refractivity contribution < 1.29 is 9.53 Å². The molecule has 2 aromatic carbocycles. The number of hydrogen-bond acceptors (Lipinski definition) is 3. The lowest BCUT2D eigenvalue weighted by atomic mass is 9.73. The van der Waals surface area contributed by atoms with Gasteiger partial charge in [0.05, 0.1) is 12.0 Å². The van der Waals surface area contributed by atoms with Crippen LogP contribution in [0.3, 0.4) is 0 Å². The minimum atomic E-state index is -0.648. The van der Waals surface area contributed by atoms with E-state index < -0.39 is 5.41 Å². The molecule has 2 rings (SSSR count). The van der Waals surface area contributed by atoms with Gasteiger partial charge in [-0.05, 0) is 57.4 Å². The van der Waals surface area contributed by atoms with Gasteiger partial charge in [-0.2, -0.15) is 0 Å². The van der Waals surface area contributed by atoms with Gasteiger partial charge in [-0.15, -0.1) is 0 Å². The summed E-state index contributed by atoms with van der Waals surface area (Å²) in [5.74, 6) is -0.152. The number of carbonyl (C=O) groups excluding carboxylic acids is 1. The van der Waals surface area contributed by atoms with Crippen LogP contribution in [-0.2, 0) is 16.0 Å². The summed E-state index contributed by atoms with van der Waals surface area (Å²) in [5, 5.41) is 0. The third-order valence-corrected chi connectivity index (χ3v) is 5.33. The molecule has 0 radical (unpaired) electrons. The number of likely N-dealkylation sites (N-methyl/N-ethyl adjacent to an activating group) is 1. The van der Waals surface area contributed by atoms with E-state index in [1.54, 1.807) is 0 Å². The molecule has 0 aromatic heterocycles. The lowest BCUT2D eigenvalue weighted by Crippen LogP contribution is -2.39. The van der Waals surface area contributed by atoms with Crippen molar-refractivity contribution in [3.8, 4) is 0 Å². The van der Waals surface area contributed by atoms with Crippen LogP contribution in [0.2, 0.25) is 0 Å². The Bertz CT molecular complexity index is 780. The molecule has 0 fully saturated rings. The quantitative estimate of drug-likeness (QED) is 0.419. The molecule has 2 aromatic rings. The molecule has 28 heavy (non-hydrogen) atoms. The highest BCUT2D eigenvalue weighted by atomic mass is 16.5. The smallest absolute Gasteiger partial charge is 0.312 e. The number of para-hydroxylation sites is 1. The molecule has 0 aliphatic carbocycles. The molecule has 0 heterocycles. The average molecular weight is 380 g/mol. The molecule has 0 amide bonds. The predicted octanol–water partition coefficient (Wildman–Crippen LogP) is 5.61. The number of anilines is 1. The SMILES string of the molecule is C/C=C/Cc1ccccc1C(CN(C)c1ccccc1)C(C)(C)C(=O)OCC. The van der Waals surface area contributed by atoms with Crippen LogP contribution < -0.4 is 4.90 Å². The second-order valence-electron chi connectivity index (χ2n) is 7.68. The minimum absolute atomic E-state index is 0.00166. The third kappa shape index (κ3) is 5.25. The zero-order chi connectivity index (χ0) is 20.6. The van der Waals surface area contributed by atoms with Crippen molar-refractivity contribution in [3.63, 3.8) is 0 Å². The molecule has 0 spiro atoms. The molecule has 0 saturated carbocycles. The summed E-state index contributed by atoms with van der Waals surface area (Å²) >= 11 is 0. The van der Waals surface area contributed by atoms with Gasteiger partial charge in [0.25, 0.3) is 0 Å². The van der Waals surface area contributed by atoms with Crippen molar-refractivity contribution in [2.24, 2.45) is 5.41 Å². The van der Waals surface area contributed by atoms with Gasteiger partial charge in [-0.1, -0.05) is 54.6 Å². The van der Waals surface area contributed by atoms with E-state index in [1.165, 1.54) is 11.1 Å². The Morgan fingerprint density at radius 1 is 1.11 bits per heavy atom. The minimum Gasteiger partial charge on any atom is -0.466 e. The van der Waals surface area contributed by atoms with Crippen LogP contribution in [0, 0.1) is 5.41 Å². The van der Waals surface area contributed by atoms with E-state index in [0.29, 0.717) is 6.61 Å². The zero-order valence-corrected chi connectivity index (χ0v) is 17.8. The maximum Gasteiger partial charge on any atom is 0.312 e. The van der Waals surface area contributed by atoms with Gasteiger partial charge in [0.2, 0.25) is 0 Å². The van der Waals surface area contributed by atoms with Gasteiger partial charge in [0.15, 0.2) is 0 Å². The number of rotatable bonds is 9. The molecule has 0 aliphatic rings. The monoisotopic (exact) mass is 379 g/mol. The van der Waals surface area contributed by atoms with Gasteiger partial charge in [0.1, 0.15) is 0 Å². The molecule has 0 saturated heterocycles. The van der Waals surface area contributed by atoms with E-state index in [-0.39, 0.29) is 11.9 Å². The van der Waals surface area contributed by atoms with Crippen molar-refractivity contribution in [1.82, 2.24) is 0 Å². The lowest BCUT2D eigenvalue weighted by molar-refractivity contribution is -0.154. The topological polar surface area (TPSA) is 29.5 Å². The number of ether oxygens (including phenoxy) is 1. The van der Waals surface area contributed by atoms with E-state index in [4.69, 9.17) is 4.74 Å². The van der Waals surface area contributed by atoms with Crippen molar-refractivity contribution in [1.29, 1.82) is 0 Å². The van der Waals surface area contributed by atoms with Gasteiger partial charge in [-0.3, -0.25) is 4.79 Å².